The van der Waals surface area contributed by atoms with Crippen LogP contribution in [0.5, 0.6) is 5.75 Å². The number of carbonyl (C=O) groups is 1. The number of hydrogen-bond acceptors (Lipinski definition) is 3. The highest BCUT2D eigenvalue weighted by atomic mass is 19.1. The first kappa shape index (κ1) is 16.1. The summed E-state index contributed by atoms with van der Waals surface area (Å²) < 4.78 is 32.1. The molecule has 2 aromatic rings. The SMILES string of the molecule is CCC(=O)c1ccccc1OCC(O)c1cc(F)ccc1F. The Labute approximate surface area is 127 Å². The van der Waals surface area contributed by atoms with E-state index >= 15 is 0 Å². The number of aliphatic hydroxyl groups excluding tert-OH is 1. The average molecular weight is 306 g/mol. The first-order valence-electron chi connectivity index (χ1n) is 6.91. The van der Waals surface area contributed by atoms with Gasteiger partial charge < -0.3 is 9.84 Å². The molecule has 0 aliphatic heterocycles. The molecule has 0 aromatic heterocycles. The summed E-state index contributed by atoms with van der Waals surface area (Å²) in [6.45, 7) is 1.45. The third kappa shape index (κ3) is 3.68. The molecule has 1 atom stereocenters. The zero-order chi connectivity index (χ0) is 16.1. The molecular formula is C17H16F2O3. The van der Waals surface area contributed by atoms with Gasteiger partial charge in [0.1, 0.15) is 30.1 Å². The van der Waals surface area contributed by atoms with E-state index in [1.807, 2.05) is 0 Å². The van der Waals surface area contributed by atoms with Gasteiger partial charge in [-0.15, -0.1) is 0 Å². The Morgan fingerprint density at radius 1 is 1.23 bits per heavy atom. The van der Waals surface area contributed by atoms with Gasteiger partial charge in [0.15, 0.2) is 5.78 Å². The summed E-state index contributed by atoms with van der Waals surface area (Å²) in [6.07, 6.45) is -1.01. The van der Waals surface area contributed by atoms with Gasteiger partial charge in [-0.05, 0) is 30.3 Å². The summed E-state index contributed by atoms with van der Waals surface area (Å²) in [5, 5.41) is 9.96. The predicted octanol–water partition coefficient (Wildman–Crippen LogP) is 3.67. The van der Waals surface area contributed by atoms with Gasteiger partial charge >= 0.3 is 0 Å². The van der Waals surface area contributed by atoms with Crippen molar-refractivity contribution < 1.29 is 23.4 Å². The molecule has 0 spiro atoms. The van der Waals surface area contributed by atoms with Crippen LogP contribution in [0.4, 0.5) is 8.78 Å². The van der Waals surface area contributed by atoms with Crippen LogP contribution in [-0.2, 0) is 0 Å². The number of ether oxygens (including phenoxy) is 1. The van der Waals surface area contributed by atoms with E-state index in [9.17, 15) is 18.7 Å². The molecule has 22 heavy (non-hydrogen) atoms. The van der Waals surface area contributed by atoms with Gasteiger partial charge in [0.05, 0.1) is 5.56 Å². The van der Waals surface area contributed by atoms with Gasteiger partial charge in [-0.3, -0.25) is 4.79 Å². The van der Waals surface area contributed by atoms with Crippen molar-refractivity contribution in [2.24, 2.45) is 0 Å². The summed E-state index contributed by atoms with van der Waals surface area (Å²) >= 11 is 0. The molecule has 1 N–H and O–H groups in total. The largest absolute Gasteiger partial charge is 0.490 e. The number of para-hydroxylation sites is 1. The second-order valence-corrected chi connectivity index (χ2v) is 4.77. The number of aliphatic hydroxyl groups is 1. The molecule has 116 valence electrons. The fraction of sp³-hybridized carbons (Fsp3) is 0.235. The second-order valence-electron chi connectivity index (χ2n) is 4.77. The Morgan fingerprint density at radius 2 is 1.95 bits per heavy atom. The van der Waals surface area contributed by atoms with Crippen LogP contribution >= 0.6 is 0 Å². The van der Waals surface area contributed by atoms with Gasteiger partial charge in [-0.1, -0.05) is 19.1 Å². The second kappa shape index (κ2) is 7.13. The minimum Gasteiger partial charge on any atom is -0.490 e. The van der Waals surface area contributed by atoms with E-state index in [0.717, 1.165) is 18.2 Å². The maximum absolute atomic E-state index is 13.6. The average Bonchev–Trinajstić information content (AvgIpc) is 2.54. The summed E-state index contributed by atoms with van der Waals surface area (Å²) in [5.74, 6) is -1.14. The summed E-state index contributed by atoms with van der Waals surface area (Å²) in [5.41, 5.74) is 0.219. The number of ketones is 1. The maximum atomic E-state index is 13.6. The van der Waals surface area contributed by atoms with E-state index < -0.39 is 17.7 Å². The van der Waals surface area contributed by atoms with Gasteiger partial charge in [-0.2, -0.15) is 0 Å². The van der Waals surface area contributed by atoms with E-state index in [0.29, 0.717) is 17.7 Å². The van der Waals surface area contributed by atoms with Crippen molar-refractivity contribution in [3.8, 4) is 5.75 Å². The fourth-order valence-electron chi connectivity index (χ4n) is 2.04. The van der Waals surface area contributed by atoms with Crippen LogP contribution in [0.15, 0.2) is 42.5 Å². The zero-order valence-corrected chi connectivity index (χ0v) is 12.1. The molecule has 0 aliphatic carbocycles. The van der Waals surface area contributed by atoms with Crippen molar-refractivity contribution in [1.29, 1.82) is 0 Å². The Balaban J connectivity index is 2.13. The standard InChI is InChI=1S/C17H16F2O3/c1-2-15(20)12-5-3-4-6-17(12)22-10-16(21)13-9-11(18)7-8-14(13)19/h3-9,16,21H,2,10H2,1H3. The lowest BCUT2D eigenvalue weighted by atomic mass is 10.1. The van der Waals surface area contributed by atoms with Crippen LogP contribution in [0.1, 0.15) is 35.4 Å². The van der Waals surface area contributed by atoms with Gasteiger partial charge in [0.25, 0.3) is 0 Å². The van der Waals surface area contributed by atoms with Crippen LogP contribution in [0.2, 0.25) is 0 Å². The molecular weight excluding hydrogens is 290 g/mol. The molecule has 0 saturated heterocycles. The van der Waals surface area contributed by atoms with Crippen molar-refractivity contribution in [2.45, 2.75) is 19.4 Å². The number of halogens is 2. The molecule has 0 fully saturated rings. The lowest BCUT2D eigenvalue weighted by molar-refractivity contribution is 0.0949. The minimum atomic E-state index is -1.33. The summed E-state index contributed by atoms with van der Waals surface area (Å²) in [7, 11) is 0. The quantitative estimate of drug-likeness (QED) is 0.828. The van der Waals surface area contributed by atoms with Gasteiger partial charge in [0, 0.05) is 12.0 Å². The molecule has 2 aromatic carbocycles. The fourth-order valence-corrected chi connectivity index (χ4v) is 2.04. The van der Waals surface area contributed by atoms with Crippen LogP contribution in [-0.4, -0.2) is 17.5 Å². The van der Waals surface area contributed by atoms with Crippen molar-refractivity contribution >= 4 is 5.78 Å². The van der Waals surface area contributed by atoms with Crippen LogP contribution in [0.25, 0.3) is 0 Å². The number of carbonyl (C=O) groups excluding carboxylic acids is 1. The lowest BCUT2D eigenvalue weighted by Gasteiger charge is -2.15. The molecule has 0 amide bonds. The summed E-state index contributed by atoms with van der Waals surface area (Å²) in [4.78, 5) is 11.8. The predicted molar refractivity (Wildman–Crippen MR) is 77.9 cm³/mol. The number of rotatable bonds is 6. The topological polar surface area (TPSA) is 46.5 Å². The number of hydrogen-bond donors (Lipinski definition) is 1. The lowest BCUT2D eigenvalue weighted by Crippen LogP contribution is -2.13. The number of benzene rings is 2. The third-order valence-electron chi connectivity index (χ3n) is 3.22. The van der Waals surface area contributed by atoms with Crippen molar-refractivity contribution in [2.75, 3.05) is 6.61 Å². The van der Waals surface area contributed by atoms with Crippen LogP contribution in [0, 0.1) is 11.6 Å². The van der Waals surface area contributed by atoms with Gasteiger partial charge in [0.2, 0.25) is 0 Å². The number of Topliss-reactive ketones (excluding diaryl/α,β-unsaturated/α-hetero) is 1. The molecule has 1 unspecified atom stereocenters. The molecule has 0 bridgehead atoms. The highest BCUT2D eigenvalue weighted by molar-refractivity contribution is 5.98. The normalized spacial score (nSPS) is 12.0. The van der Waals surface area contributed by atoms with E-state index in [1.54, 1.807) is 31.2 Å². The molecule has 3 nitrogen and oxygen atoms in total. The van der Waals surface area contributed by atoms with Gasteiger partial charge in [-0.25, -0.2) is 8.78 Å². The third-order valence-corrected chi connectivity index (χ3v) is 3.22. The van der Waals surface area contributed by atoms with Crippen LogP contribution in [0.3, 0.4) is 0 Å². The molecule has 2 rings (SSSR count). The Hall–Kier alpha value is -2.27. The van der Waals surface area contributed by atoms with Crippen molar-refractivity contribution in [1.82, 2.24) is 0 Å². The van der Waals surface area contributed by atoms with Crippen molar-refractivity contribution in [3.63, 3.8) is 0 Å². The molecule has 0 aliphatic rings. The Kier molecular flexibility index (Phi) is 5.22. The van der Waals surface area contributed by atoms with Crippen LogP contribution < -0.4 is 4.74 Å². The van der Waals surface area contributed by atoms with E-state index in [4.69, 9.17) is 4.74 Å². The highest BCUT2D eigenvalue weighted by Gasteiger charge is 2.16. The zero-order valence-electron chi connectivity index (χ0n) is 12.1. The summed E-state index contributed by atoms with van der Waals surface area (Å²) in [6, 6.07) is 9.46. The highest BCUT2D eigenvalue weighted by Crippen LogP contribution is 2.23. The minimum absolute atomic E-state index is 0.0953. The molecule has 0 radical (unpaired) electrons. The Morgan fingerprint density at radius 3 is 2.68 bits per heavy atom. The molecule has 0 saturated carbocycles. The maximum Gasteiger partial charge on any atom is 0.166 e. The first-order valence-corrected chi connectivity index (χ1v) is 6.91. The monoisotopic (exact) mass is 306 g/mol. The molecule has 5 heteroatoms. The van der Waals surface area contributed by atoms with E-state index in [-0.39, 0.29) is 18.0 Å². The van der Waals surface area contributed by atoms with E-state index in [2.05, 4.69) is 0 Å². The van der Waals surface area contributed by atoms with Crippen molar-refractivity contribution in [3.05, 3.63) is 65.2 Å². The van der Waals surface area contributed by atoms with E-state index in [1.165, 1.54) is 0 Å². The Bertz CT molecular complexity index is 671. The smallest absolute Gasteiger partial charge is 0.166 e. The first-order chi connectivity index (χ1) is 10.5. The molecule has 0 heterocycles.